The summed E-state index contributed by atoms with van der Waals surface area (Å²) < 4.78 is 0. The Hall–Kier alpha value is -1.80. The number of benzene rings is 2. The summed E-state index contributed by atoms with van der Waals surface area (Å²) in [5, 5.41) is 9.76. The van der Waals surface area contributed by atoms with Gasteiger partial charge in [0, 0.05) is 5.02 Å². The molecule has 0 unspecified atom stereocenters. The molecule has 0 aromatic heterocycles. The number of halogens is 1. The Kier molecular flexibility index (Phi) is 3.39. The topological polar surface area (TPSA) is 37.3 Å². The van der Waals surface area contributed by atoms with Gasteiger partial charge in [-0.3, -0.25) is 0 Å². The van der Waals surface area contributed by atoms with Crippen molar-refractivity contribution in [2.45, 2.75) is 13.8 Å². The summed E-state index contributed by atoms with van der Waals surface area (Å²) in [5.74, 6) is -0.891. The predicted octanol–water partition coefficient (Wildman–Crippen LogP) is 4.32. The van der Waals surface area contributed by atoms with E-state index in [1.165, 1.54) is 0 Å². The number of carboxylic acids is 1. The van der Waals surface area contributed by atoms with Crippen molar-refractivity contribution in [3.05, 3.63) is 58.1 Å². The first-order valence-corrected chi connectivity index (χ1v) is 5.98. The average Bonchev–Trinajstić information content (AvgIpc) is 2.33. The Morgan fingerprint density at radius 3 is 2.17 bits per heavy atom. The van der Waals surface area contributed by atoms with Gasteiger partial charge in [0.05, 0.1) is 5.56 Å². The molecule has 0 saturated carbocycles. The van der Waals surface area contributed by atoms with Crippen LogP contribution in [-0.2, 0) is 0 Å². The first-order chi connectivity index (χ1) is 8.50. The number of hydrogen-bond acceptors (Lipinski definition) is 1. The van der Waals surface area contributed by atoms with Crippen molar-refractivity contribution in [3.8, 4) is 11.1 Å². The molecule has 2 nitrogen and oxygen atoms in total. The third-order valence-electron chi connectivity index (χ3n) is 3.17. The van der Waals surface area contributed by atoms with Crippen molar-refractivity contribution >= 4 is 17.6 Å². The second-order valence-corrected chi connectivity index (χ2v) is 4.66. The van der Waals surface area contributed by atoms with E-state index in [1.54, 1.807) is 6.07 Å². The lowest BCUT2D eigenvalue weighted by atomic mass is 9.94. The van der Waals surface area contributed by atoms with Gasteiger partial charge >= 0.3 is 5.97 Å². The van der Waals surface area contributed by atoms with E-state index in [2.05, 4.69) is 0 Å². The van der Waals surface area contributed by atoms with Crippen molar-refractivity contribution in [1.29, 1.82) is 0 Å². The van der Waals surface area contributed by atoms with Crippen molar-refractivity contribution in [2.75, 3.05) is 0 Å². The number of carboxylic acid groups (broad SMARTS) is 1. The maximum absolute atomic E-state index is 11.0. The van der Waals surface area contributed by atoms with Gasteiger partial charge in [0.1, 0.15) is 0 Å². The summed E-state index contributed by atoms with van der Waals surface area (Å²) in [7, 11) is 0. The minimum Gasteiger partial charge on any atom is -0.478 e. The van der Waals surface area contributed by atoms with Crippen LogP contribution >= 0.6 is 11.6 Å². The lowest BCUT2D eigenvalue weighted by Crippen LogP contribution is -2.02. The fourth-order valence-corrected chi connectivity index (χ4v) is 2.12. The molecule has 0 amide bonds. The molecule has 0 radical (unpaired) electrons. The van der Waals surface area contributed by atoms with Crippen LogP contribution in [-0.4, -0.2) is 11.1 Å². The summed E-state index contributed by atoms with van der Waals surface area (Å²) >= 11 is 5.86. The van der Waals surface area contributed by atoms with Crippen molar-refractivity contribution in [3.63, 3.8) is 0 Å². The van der Waals surface area contributed by atoms with E-state index in [9.17, 15) is 4.79 Å². The van der Waals surface area contributed by atoms with Crippen LogP contribution in [0.25, 0.3) is 11.1 Å². The standard InChI is InChI=1S/C15H13ClO2/c1-9-10(2)14(15(17)18)8-7-13(9)11-3-5-12(16)6-4-11/h3-8H,1-2H3,(H,17,18). The first-order valence-electron chi connectivity index (χ1n) is 5.60. The number of aromatic carboxylic acids is 1. The van der Waals surface area contributed by atoms with Crippen LogP contribution in [0.4, 0.5) is 0 Å². The number of hydrogen-bond donors (Lipinski definition) is 1. The Bertz CT molecular complexity index is 601. The predicted molar refractivity (Wildman–Crippen MR) is 73.3 cm³/mol. The fraction of sp³-hybridized carbons (Fsp3) is 0.133. The van der Waals surface area contributed by atoms with E-state index in [1.807, 2.05) is 44.2 Å². The smallest absolute Gasteiger partial charge is 0.335 e. The lowest BCUT2D eigenvalue weighted by Gasteiger charge is -2.11. The summed E-state index contributed by atoms with van der Waals surface area (Å²) in [5.41, 5.74) is 4.21. The molecule has 3 heteroatoms. The molecule has 2 rings (SSSR count). The largest absolute Gasteiger partial charge is 0.478 e. The molecular formula is C15H13ClO2. The van der Waals surface area contributed by atoms with Crippen LogP contribution in [0.1, 0.15) is 21.5 Å². The van der Waals surface area contributed by atoms with E-state index in [-0.39, 0.29) is 0 Å². The number of carbonyl (C=O) groups is 1. The van der Waals surface area contributed by atoms with E-state index < -0.39 is 5.97 Å². The molecular weight excluding hydrogens is 248 g/mol. The molecule has 0 saturated heterocycles. The van der Waals surface area contributed by atoms with E-state index >= 15 is 0 Å². The minimum atomic E-state index is -0.891. The van der Waals surface area contributed by atoms with Gasteiger partial charge in [-0.05, 0) is 54.3 Å². The van der Waals surface area contributed by atoms with Crippen LogP contribution in [0.3, 0.4) is 0 Å². The Labute approximate surface area is 111 Å². The summed E-state index contributed by atoms with van der Waals surface area (Å²) in [6, 6.07) is 11.0. The second kappa shape index (κ2) is 4.83. The summed E-state index contributed by atoms with van der Waals surface area (Å²) in [4.78, 5) is 11.0. The van der Waals surface area contributed by atoms with Gasteiger partial charge < -0.3 is 5.11 Å². The van der Waals surface area contributed by atoms with E-state index in [0.717, 1.165) is 22.3 Å². The molecule has 92 valence electrons. The normalized spacial score (nSPS) is 10.4. The molecule has 0 aliphatic heterocycles. The van der Waals surface area contributed by atoms with Crippen molar-refractivity contribution in [2.24, 2.45) is 0 Å². The highest BCUT2D eigenvalue weighted by molar-refractivity contribution is 6.30. The van der Waals surface area contributed by atoms with Crippen LogP contribution < -0.4 is 0 Å². The van der Waals surface area contributed by atoms with Gasteiger partial charge in [0.15, 0.2) is 0 Å². The van der Waals surface area contributed by atoms with Gasteiger partial charge in [-0.1, -0.05) is 29.8 Å². The highest BCUT2D eigenvalue weighted by atomic mass is 35.5. The highest BCUT2D eigenvalue weighted by Crippen LogP contribution is 2.28. The maximum atomic E-state index is 11.0. The molecule has 0 aliphatic rings. The third-order valence-corrected chi connectivity index (χ3v) is 3.42. The SMILES string of the molecule is Cc1c(C(=O)O)ccc(-c2ccc(Cl)cc2)c1C. The van der Waals surface area contributed by atoms with Gasteiger partial charge in [-0.15, -0.1) is 0 Å². The monoisotopic (exact) mass is 260 g/mol. The molecule has 18 heavy (non-hydrogen) atoms. The van der Waals surface area contributed by atoms with Crippen LogP contribution in [0, 0.1) is 13.8 Å². The van der Waals surface area contributed by atoms with Crippen LogP contribution in [0.2, 0.25) is 5.02 Å². The molecule has 2 aromatic carbocycles. The van der Waals surface area contributed by atoms with Crippen LogP contribution in [0.15, 0.2) is 36.4 Å². The Balaban J connectivity index is 2.57. The van der Waals surface area contributed by atoms with E-state index in [0.29, 0.717) is 10.6 Å². The maximum Gasteiger partial charge on any atom is 0.335 e. The van der Waals surface area contributed by atoms with Crippen molar-refractivity contribution in [1.82, 2.24) is 0 Å². The van der Waals surface area contributed by atoms with Gasteiger partial charge in [0.2, 0.25) is 0 Å². The molecule has 0 aliphatic carbocycles. The molecule has 0 atom stereocenters. The zero-order chi connectivity index (χ0) is 13.3. The highest BCUT2D eigenvalue weighted by Gasteiger charge is 2.12. The lowest BCUT2D eigenvalue weighted by molar-refractivity contribution is 0.0696. The third kappa shape index (κ3) is 2.24. The number of rotatable bonds is 2. The molecule has 1 N–H and O–H groups in total. The molecule has 0 bridgehead atoms. The van der Waals surface area contributed by atoms with Crippen LogP contribution in [0.5, 0.6) is 0 Å². The quantitative estimate of drug-likeness (QED) is 0.873. The molecule has 0 spiro atoms. The summed E-state index contributed by atoms with van der Waals surface area (Å²) in [6.45, 7) is 3.77. The van der Waals surface area contributed by atoms with Gasteiger partial charge in [-0.25, -0.2) is 4.79 Å². The average molecular weight is 261 g/mol. The van der Waals surface area contributed by atoms with E-state index in [4.69, 9.17) is 16.7 Å². The zero-order valence-corrected chi connectivity index (χ0v) is 11.0. The zero-order valence-electron chi connectivity index (χ0n) is 10.2. The Morgan fingerprint density at radius 2 is 1.61 bits per heavy atom. The summed E-state index contributed by atoms with van der Waals surface area (Å²) in [6.07, 6.45) is 0. The van der Waals surface area contributed by atoms with Crippen molar-refractivity contribution < 1.29 is 9.90 Å². The second-order valence-electron chi connectivity index (χ2n) is 4.22. The molecule has 0 fully saturated rings. The van der Waals surface area contributed by atoms with Gasteiger partial charge in [0.25, 0.3) is 0 Å². The minimum absolute atomic E-state index is 0.352. The molecule has 0 heterocycles. The molecule has 2 aromatic rings. The Morgan fingerprint density at radius 1 is 1.00 bits per heavy atom. The van der Waals surface area contributed by atoms with Gasteiger partial charge in [-0.2, -0.15) is 0 Å². The fourth-order valence-electron chi connectivity index (χ4n) is 1.99. The first kappa shape index (κ1) is 12.7.